The number of amidine groups is 1. The standard InChI is InChI=1S/C16H12Cl2N4O/c17-10-5-6-13-9(7-10)8-14(20-13)16(23)22-21-15(19)11-3-1-2-4-12(11)18/h1-8,20H,(H2,19,21)(H,22,23). The first-order valence-corrected chi connectivity index (χ1v) is 7.47. The molecule has 0 fully saturated rings. The van der Waals surface area contributed by atoms with Gasteiger partial charge in [-0.15, -0.1) is 0 Å². The highest BCUT2D eigenvalue weighted by atomic mass is 35.5. The number of aromatic nitrogens is 1. The number of carbonyl (C=O) groups is 1. The van der Waals surface area contributed by atoms with Crippen molar-refractivity contribution < 1.29 is 4.79 Å². The third-order valence-electron chi connectivity index (χ3n) is 3.26. The van der Waals surface area contributed by atoms with Crippen molar-refractivity contribution in [2.24, 2.45) is 10.8 Å². The van der Waals surface area contributed by atoms with Crippen LogP contribution >= 0.6 is 23.2 Å². The molecule has 3 rings (SSSR count). The Bertz CT molecular complexity index is 917. The fourth-order valence-corrected chi connectivity index (χ4v) is 2.54. The predicted molar refractivity (Wildman–Crippen MR) is 93.0 cm³/mol. The minimum absolute atomic E-state index is 0.128. The Morgan fingerprint density at radius 2 is 1.91 bits per heavy atom. The van der Waals surface area contributed by atoms with E-state index in [0.717, 1.165) is 10.9 Å². The second-order valence-corrected chi connectivity index (χ2v) is 5.68. The molecule has 7 heteroatoms. The number of nitrogens with zero attached hydrogens (tertiary/aromatic N) is 1. The second-order valence-electron chi connectivity index (χ2n) is 4.83. The molecule has 0 spiro atoms. The van der Waals surface area contributed by atoms with Gasteiger partial charge in [0.15, 0.2) is 5.84 Å². The van der Waals surface area contributed by atoms with Gasteiger partial charge < -0.3 is 10.7 Å². The number of carbonyl (C=O) groups excluding carboxylic acids is 1. The SMILES string of the molecule is N/C(=N/NC(=O)c1cc2cc(Cl)ccc2[nH]1)c1ccccc1Cl. The second kappa shape index (κ2) is 6.32. The van der Waals surface area contributed by atoms with Gasteiger partial charge in [-0.05, 0) is 36.4 Å². The largest absolute Gasteiger partial charge is 0.382 e. The summed E-state index contributed by atoms with van der Waals surface area (Å²) in [7, 11) is 0. The molecule has 0 aliphatic rings. The molecule has 2 aromatic carbocycles. The highest BCUT2D eigenvalue weighted by Crippen LogP contribution is 2.20. The van der Waals surface area contributed by atoms with Crippen LogP contribution in [0.4, 0.5) is 0 Å². The average Bonchev–Trinajstić information content (AvgIpc) is 2.95. The summed E-state index contributed by atoms with van der Waals surface area (Å²) >= 11 is 12.0. The summed E-state index contributed by atoms with van der Waals surface area (Å²) in [5, 5.41) is 5.78. The molecule has 1 aromatic heterocycles. The summed E-state index contributed by atoms with van der Waals surface area (Å²) < 4.78 is 0. The van der Waals surface area contributed by atoms with Crippen LogP contribution in [0.5, 0.6) is 0 Å². The van der Waals surface area contributed by atoms with Crippen molar-refractivity contribution in [2.75, 3.05) is 0 Å². The first kappa shape index (κ1) is 15.4. The summed E-state index contributed by atoms with van der Waals surface area (Å²) in [4.78, 5) is 15.1. The Hall–Kier alpha value is -2.50. The quantitative estimate of drug-likeness (QED) is 0.385. The molecule has 116 valence electrons. The van der Waals surface area contributed by atoms with Crippen molar-refractivity contribution in [3.63, 3.8) is 0 Å². The topological polar surface area (TPSA) is 83.3 Å². The van der Waals surface area contributed by atoms with Crippen molar-refractivity contribution in [3.05, 3.63) is 69.8 Å². The molecule has 0 aliphatic carbocycles. The van der Waals surface area contributed by atoms with Crippen molar-refractivity contribution in [2.45, 2.75) is 0 Å². The monoisotopic (exact) mass is 346 g/mol. The number of hydrazone groups is 1. The van der Waals surface area contributed by atoms with Gasteiger partial charge in [-0.1, -0.05) is 35.3 Å². The Kier molecular flexibility index (Phi) is 4.23. The molecule has 0 radical (unpaired) electrons. The zero-order valence-corrected chi connectivity index (χ0v) is 13.3. The number of benzene rings is 2. The lowest BCUT2D eigenvalue weighted by Gasteiger charge is -2.03. The van der Waals surface area contributed by atoms with Crippen molar-refractivity contribution >= 4 is 45.8 Å². The van der Waals surface area contributed by atoms with E-state index in [0.29, 0.717) is 21.3 Å². The van der Waals surface area contributed by atoms with E-state index in [1.165, 1.54) is 0 Å². The van der Waals surface area contributed by atoms with E-state index in [9.17, 15) is 4.79 Å². The van der Waals surface area contributed by atoms with Crippen LogP contribution in [0.3, 0.4) is 0 Å². The van der Waals surface area contributed by atoms with E-state index in [1.54, 1.807) is 48.5 Å². The van der Waals surface area contributed by atoms with E-state index in [-0.39, 0.29) is 5.84 Å². The number of halogens is 2. The number of aromatic amines is 1. The van der Waals surface area contributed by atoms with Crippen LogP contribution in [0.2, 0.25) is 10.0 Å². The van der Waals surface area contributed by atoms with E-state index in [4.69, 9.17) is 28.9 Å². The predicted octanol–water partition coefficient (Wildman–Crippen LogP) is 3.53. The van der Waals surface area contributed by atoms with Crippen molar-refractivity contribution in [3.8, 4) is 0 Å². The number of amides is 1. The molecule has 0 aliphatic heterocycles. The summed E-state index contributed by atoms with van der Waals surface area (Å²) in [5.74, 6) is -0.282. The van der Waals surface area contributed by atoms with Gasteiger partial charge in [-0.3, -0.25) is 4.79 Å². The van der Waals surface area contributed by atoms with Crippen LogP contribution in [0, 0.1) is 0 Å². The summed E-state index contributed by atoms with van der Waals surface area (Å²) in [6, 6.07) is 14.0. The number of hydrogen-bond donors (Lipinski definition) is 3. The van der Waals surface area contributed by atoms with Crippen LogP contribution in [0.15, 0.2) is 53.6 Å². The Morgan fingerprint density at radius 3 is 2.70 bits per heavy atom. The first-order valence-electron chi connectivity index (χ1n) is 6.71. The summed E-state index contributed by atoms with van der Waals surface area (Å²) in [6.07, 6.45) is 0. The average molecular weight is 347 g/mol. The van der Waals surface area contributed by atoms with Gasteiger partial charge in [0.25, 0.3) is 5.91 Å². The molecule has 0 unspecified atom stereocenters. The number of fused-ring (bicyclic) bond motifs is 1. The van der Waals surface area contributed by atoms with E-state index < -0.39 is 5.91 Å². The van der Waals surface area contributed by atoms with E-state index in [1.807, 2.05) is 0 Å². The molecule has 1 heterocycles. The van der Waals surface area contributed by atoms with Gasteiger partial charge in [0.05, 0.1) is 5.02 Å². The lowest BCUT2D eigenvalue weighted by atomic mass is 10.2. The fourth-order valence-electron chi connectivity index (χ4n) is 2.13. The molecular formula is C16H12Cl2N4O. The van der Waals surface area contributed by atoms with Gasteiger partial charge in [0, 0.05) is 21.5 Å². The lowest BCUT2D eigenvalue weighted by molar-refractivity contribution is 0.0950. The van der Waals surface area contributed by atoms with Crippen LogP contribution in [0.1, 0.15) is 16.1 Å². The molecule has 4 N–H and O–H groups in total. The molecular weight excluding hydrogens is 335 g/mol. The molecule has 23 heavy (non-hydrogen) atoms. The normalized spacial score (nSPS) is 11.7. The molecule has 3 aromatic rings. The number of H-pyrrole nitrogens is 1. The summed E-state index contributed by atoms with van der Waals surface area (Å²) in [5.41, 5.74) is 9.96. The van der Waals surface area contributed by atoms with E-state index >= 15 is 0 Å². The minimum atomic E-state index is -0.410. The summed E-state index contributed by atoms with van der Waals surface area (Å²) in [6.45, 7) is 0. The maximum Gasteiger partial charge on any atom is 0.287 e. The highest BCUT2D eigenvalue weighted by molar-refractivity contribution is 6.34. The fraction of sp³-hybridized carbons (Fsp3) is 0. The van der Waals surface area contributed by atoms with Gasteiger partial charge in [-0.25, -0.2) is 5.43 Å². The lowest BCUT2D eigenvalue weighted by Crippen LogP contribution is -2.24. The van der Waals surface area contributed by atoms with Gasteiger partial charge in [-0.2, -0.15) is 5.10 Å². The number of rotatable bonds is 3. The maximum atomic E-state index is 12.1. The minimum Gasteiger partial charge on any atom is -0.382 e. The number of nitrogens with two attached hydrogens (primary N) is 1. The number of nitrogens with one attached hydrogen (secondary N) is 2. The van der Waals surface area contributed by atoms with Gasteiger partial charge in [0.2, 0.25) is 0 Å². The van der Waals surface area contributed by atoms with Crippen molar-refractivity contribution in [1.29, 1.82) is 0 Å². The highest BCUT2D eigenvalue weighted by Gasteiger charge is 2.10. The van der Waals surface area contributed by atoms with Crippen LogP contribution < -0.4 is 11.2 Å². The molecule has 1 amide bonds. The zero-order chi connectivity index (χ0) is 16.4. The van der Waals surface area contributed by atoms with Gasteiger partial charge in [0.1, 0.15) is 5.69 Å². The Balaban J connectivity index is 1.80. The third-order valence-corrected chi connectivity index (χ3v) is 3.82. The third kappa shape index (κ3) is 3.31. The van der Waals surface area contributed by atoms with Gasteiger partial charge >= 0.3 is 0 Å². The molecule has 0 saturated carbocycles. The smallest absolute Gasteiger partial charge is 0.287 e. The molecule has 0 bridgehead atoms. The molecule has 0 atom stereocenters. The first-order chi connectivity index (χ1) is 11.0. The maximum absolute atomic E-state index is 12.1. The van der Waals surface area contributed by atoms with Crippen molar-refractivity contribution in [1.82, 2.24) is 10.4 Å². The van der Waals surface area contributed by atoms with Crippen LogP contribution in [-0.4, -0.2) is 16.7 Å². The number of hydrogen-bond acceptors (Lipinski definition) is 2. The Labute approximate surface area is 142 Å². The molecule has 0 saturated heterocycles. The van der Waals surface area contributed by atoms with E-state index in [2.05, 4.69) is 15.5 Å². The van der Waals surface area contributed by atoms with Crippen LogP contribution in [0.25, 0.3) is 10.9 Å². The zero-order valence-electron chi connectivity index (χ0n) is 11.8. The molecule has 5 nitrogen and oxygen atoms in total. The Morgan fingerprint density at radius 1 is 1.13 bits per heavy atom. The van der Waals surface area contributed by atoms with Crippen LogP contribution in [-0.2, 0) is 0 Å².